The van der Waals surface area contributed by atoms with Gasteiger partial charge in [0.25, 0.3) is 0 Å². The molecule has 0 aliphatic carbocycles. The second-order valence-corrected chi connectivity index (χ2v) is 6.02. The summed E-state index contributed by atoms with van der Waals surface area (Å²) in [5.41, 5.74) is 0.108. The largest absolute Gasteiger partial charge is 0.291 e. The van der Waals surface area contributed by atoms with E-state index in [1.165, 1.54) is 12.5 Å². The number of nitro groups is 2. The van der Waals surface area contributed by atoms with Crippen molar-refractivity contribution in [2.24, 2.45) is 0 Å². The van der Waals surface area contributed by atoms with Crippen LogP contribution in [-0.4, -0.2) is 16.1 Å². The maximum Gasteiger partial charge on any atom is 0.246 e. The molecule has 0 aliphatic rings. The van der Waals surface area contributed by atoms with Crippen molar-refractivity contribution in [1.82, 2.24) is 0 Å². The standard InChI is InChI=1S/C20H29N2O5/c1-2-3-4-5-6-7-9-14-19(21(24)25)16-11-12-17-20(22(26)27)15-10-8-13-18-23/h6-7,11-12,14-15H,2-5,8-10,13,16-17H2,1H3/b7-6+,12-11+,19-14-,20-15-. The van der Waals surface area contributed by atoms with Gasteiger partial charge in [-0.05, 0) is 44.3 Å². The Labute approximate surface area is 160 Å². The Morgan fingerprint density at radius 1 is 0.852 bits per heavy atom. The fourth-order valence-corrected chi connectivity index (χ4v) is 2.25. The van der Waals surface area contributed by atoms with E-state index in [0.29, 0.717) is 19.3 Å². The Kier molecular flexibility index (Phi) is 15.3. The van der Waals surface area contributed by atoms with Gasteiger partial charge in [0.2, 0.25) is 11.4 Å². The van der Waals surface area contributed by atoms with E-state index in [2.05, 4.69) is 6.92 Å². The van der Waals surface area contributed by atoms with Gasteiger partial charge in [-0.25, -0.2) is 0 Å². The molecule has 0 spiro atoms. The van der Waals surface area contributed by atoms with Crippen molar-refractivity contribution in [3.05, 3.63) is 68.1 Å². The number of unbranched alkanes of at least 4 members (excludes halogenated alkanes) is 5. The third kappa shape index (κ3) is 14.3. The number of rotatable bonds is 16. The van der Waals surface area contributed by atoms with Gasteiger partial charge in [0.1, 0.15) is 0 Å². The lowest BCUT2D eigenvalue weighted by molar-refractivity contribution is -0.427. The number of nitrogens with zero attached hydrogens (tertiary/aromatic N) is 2. The highest BCUT2D eigenvalue weighted by Gasteiger charge is 2.09. The van der Waals surface area contributed by atoms with Crippen molar-refractivity contribution in [3.8, 4) is 0 Å². The Hall–Kier alpha value is -2.57. The zero-order chi connectivity index (χ0) is 20.3. The molecular formula is C20H29N2O5. The van der Waals surface area contributed by atoms with Gasteiger partial charge in [-0.1, -0.05) is 44.1 Å². The predicted molar refractivity (Wildman–Crippen MR) is 106 cm³/mol. The van der Waals surface area contributed by atoms with Gasteiger partial charge in [0, 0.05) is 6.42 Å². The normalized spacial score (nSPS) is 12.8. The minimum atomic E-state index is -0.470. The van der Waals surface area contributed by atoms with Crippen LogP contribution >= 0.6 is 0 Å². The molecule has 0 saturated heterocycles. The zero-order valence-corrected chi connectivity index (χ0v) is 16.0. The molecule has 7 nitrogen and oxygen atoms in total. The highest BCUT2D eigenvalue weighted by Crippen LogP contribution is 2.10. The molecule has 0 rings (SSSR count). The topological polar surface area (TPSA) is 103 Å². The first kappa shape index (κ1) is 24.4. The molecule has 27 heavy (non-hydrogen) atoms. The fraction of sp³-hybridized carbons (Fsp3) is 0.550. The van der Waals surface area contributed by atoms with Gasteiger partial charge >= 0.3 is 0 Å². The SMILES string of the molecule is CCCCC/C=C/C/C=C(/C/C=C/C/C(=C/CCC[C]=O)[N+](=O)[O-])[N+](=O)[O-]. The molecule has 0 aliphatic heterocycles. The smallest absolute Gasteiger partial charge is 0.246 e. The lowest BCUT2D eigenvalue weighted by Gasteiger charge is -1.96. The Morgan fingerprint density at radius 2 is 1.48 bits per heavy atom. The van der Waals surface area contributed by atoms with E-state index in [4.69, 9.17) is 0 Å². The monoisotopic (exact) mass is 377 g/mol. The first-order chi connectivity index (χ1) is 13.0. The molecule has 149 valence electrons. The summed E-state index contributed by atoms with van der Waals surface area (Å²) >= 11 is 0. The van der Waals surface area contributed by atoms with E-state index in [0.717, 1.165) is 19.3 Å². The van der Waals surface area contributed by atoms with E-state index >= 15 is 0 Å². The van der Waals surface area contributed by atoms with E-state index in [1.54, 1.807) is 24.5 Å². The highest BCUT2D eigenvalue weighted by molar-refractivity contribution is 5.50. The Morgan fingerprint density at radius 3 is 2.04 bits per heavy atom. The predicted octanol–water partition coefficient (Wildman–Crippen LogP) is 5.45. The molecule has 0 aromatic heterocycles. The molecule has 0 aromatic rings. The van der Waals surface area contributed by atoms with Gasteiger partial charge in [-0.3, -0.25) is 25.0 Å². The summed E-state index contributed by atoms with van der Waals surface area (Å²) in [5.74, 6) is 0. The molecule has 0 heterocycles. The molecule has 7 heteroatoms. The van der Waals surface area contributed by atoms with E-state index in [9.17, 15) is 25.0 Å². The Balaban J connectivity index is 4.48. The summed E-state index contributed by atoms with van der Waals surface area (Å²) in [6.45, 7) is 2.14. The van der Waals surface area contributed by atoms with Crippen LogP contribution in [0.3, 0.4) is 0 Å². The molecule has 0 atom stereocenters. The first-order valence-corrected chi connectivity index (χ1v) is 9.34. The minimum absolute atomic E-state index is 0.0267. The molecule has 0 fully saturated rings. The lowest BCUT2D eigenvalue weighted by atomic mass is 10.1. The molecule has 0 N–H and O–H groups in total. The summed E-state index contributed by atoms with van der Waals surface area (Å²) in [7, 11) is 0. The lowest BCUT2D eigenvalue weighted by Crippen LogP contribution is -1.99. The summed E-state index contributed by atoms with van der Waals surface area (Å²) in [6, 6.07) is 0. The molecule has 1 radical (unpaired) electrons. The maximum atomic E-state index is 11.1. The maximum absolute atomic E-state index is 11.1. The second kappa shape index (κ2) is 16.9. The van der Waals surface area contributed by atoms with Crippen molar-refractivity contribution < 1.29 is 14.6 Å². The number of carbonyl (C=O) groups excluding carboxylic acids is 1. The van der Waals surface area contributed by atoms with Gasteiger partial charge in [-0.15, -0.1) is 0 Å². The van der Waals surface area contributed by atoms with Crippen LogP contribution in [0.2, 0.25) is 0 Å². The summed E-state index contributed by atoms with van der Waals surface area (Å²) in [5, 5.41) is 22.0. The van der Waals surface area contributed by atoms with Crippen LogP contribution in [-0.2, 0) is 4.79 Å². The molecular weight excluding hydrogens is 348 g/mol. The minimum Gasteiger partial charge on any atom is -0.291 e. The van der Waals surface area contributed by atoms with Crippen LogP contribution in [0.4, 0.5) is 0 Å². The van der Waals surface area contributed by atoms with Gasteiger partial charge in [-0.2, -0.15) is 0 Å². The van der Waals surface area contributed by atoms with E-state index < -0.39 is 9.85 Å². The van der Waals surface area contributed by atoms with Crippen LogP contribution < -0.4 is 0 Å². The first-order valence-electron chi connectivity index (χ1n) is 9.34. The molecule has 0 saturated carbocycles. The van der Waals surface area contributed by atoms with Crippen LogP contribution in [0.1, 0.15) is 71.1 Å². The molecule has 0 bridgehead atoms. The third-order valence-corrected chi connectivity index (χ3v) is 3.78. The Bertz CT molecular complexity index is 577. The average molecular weight is 377 g/mol. The van der Waals surface area contributed by atoms with Crippen molar-refractivity contribution in [1.29, 1.82) is 0 Å². The van der Waals surface area contributed by atoms with Crippen LogP contribution in [0.5, 0.6) is 0 Å². The summed E-state index contributed by atoms with van der Waals surface area (Å²) < 4.78 is 0. The van der Waals surface area contributed by atoms with E-state index in [-0.39, 0.29) is 30.7 Å². The van der Waals surface area contributed by atoms with Crippen LogP contribution in [0.15, 0.2) is 47.9 Å². The third-order valence-electron chi connectivity index (χ3n) is 3.78. The van der Waals surface area contributed by atoms with Crippen molar-refractivity contribution >= 4 is 6.29 Å². The van der Waals surface area contributed by atoms with Crippen molar-refractivity contribution in [3.63, 3.8) is 0 Å². The van der Waals surface area contributed by atoms with Crippen molar-refractivity contribution in [2.45, 2.75) is 71.1 Å². The van der Waals surface area contributed by atoms with Crippen LogP contribution in [0.25, 0.3) is 0 Å². The zero-order valence-electron chi connectivity index (χ0n) is 16.0. The quantitative estimate of drug-likeness (QED) is 0.154. The fourth-order valence-electron chi connectivity index (χ4n) is 2.25. The van der Waals surface area contributed by atoms with Gasteiger partial charge < -0.3 is 0 Å². The highest BCUT2D eigenvalue weighted by atomic mass is 16.6. The van der Waals surface area contributed by atoms with Crippen molar-refractivity contribution in [2.75, 3.05) is 0 Å². The summed E-state index contributed by atoms with van der Waals surface area (Å²) in [4.78, 5) is 31.3. The molecule has 0 unspecified atom stereocenters. The summed E-state index contributed by atoms with van der Waals surface area (Å²) in [6.07, 6.45) is 18.3. The van der Waals surface area contributed by atoms with Gasteiger partial charge in [0.15, 0.2) is 6.29 Å². The number of hydrogen-bond donors (Lipinski definition) is 0. The number of allylic oxidation sites excluding steroid dienone is 6. The van der Waals surface area contributed by atoms with Crippen LogP contribution in [0, 0.1) is 20.2 Å². The number of hydrogen-bond acceptors (Lipinski definition) is 5. The molecule has 0 amide bonds. The second-order valence-electron chi connectivity index (χ2n) is 6.02. The average Bonchev–Trinajstić information content (AvgIpc) is 2.63. The van der Waals surface area contributed by atoms with E-state index in [1.807, 2.05) is 12.2 Å². The van der Waals surface area contributed by atoms with Gasteiger partial charge in [0.05, 0.1) is 22.7 Å². The molecule has 0 aromatic carbocycles.